The number of carbonyl (C=O) groups excluding carboxylic acids is 2. The van der Waals surface area contributed by atoms with Crippen LogP contribution in [0.15, 0.2) is 91.1 Å². The van der Waals surface area contributed by atoms with Gasteiger partial charge in [0.2, 0.25) is 11.8 Å². The molecule has 0 aliphatic heterocycles. The molecule has 4 aromatic rings. The number of carboxylic acid groups (broad SMARTS) is 1. The van der Waals surface area contributed by atoms with E-state index in [1.807, 2.05) is 48.5 Å². The Morgan fingerprint density at radius 3 is 2.14 bits per heavy atom. The van der Waals surface area contributed by atoms with Crippen molar-refractivity contribution in [2.45, 2.75) is 44.2 Å². The van der Waals surface area contributed by atoms with E-state index in [2.05, 4.69) is 20.9 Å². The number of carboxylic acids is 1. The van der Waals surface area contributed by atoms with Gasteiger partial charge in [-0.25, -0.2) is 9.78 Å². The number of carbonyl (C=O) groups is 3. The fourth-order valence-corrected chi connectivity index (χ4v) is 5.12. The molecule has 1 aromatic heterocycles. The number of aromatic nitrogens is 1. The first-order valence-electron chi connectivity index (χ1n) is 14.5. The number of anilines is 2. The van der Waals surface area contributed by atoms with Crippen LogP contribution in [0.2, 0.25) is 0 Å². The molecule has 4 N–H and O–H groups in total. The standard InChI is InChI=1S/C34H34N4O6/c1-35-29-8-4-2-6-27(29)33(40)37-23-11-13-24(14-12-23)43-25-15-17-26(18-16-25)44-32-19-10-22(21-36-32)20-31(39)38-30-9-5-3-7-28(30)34(41)42/h2-10,15-19,21,23-24,35H,11-14,20H2,1H3,(H,37,40)(H,38,39)(H,41,42). The van der Waals surface area contributed by atoms with Gasteiger partial charge in [0.1, 0.15) is 11.5 Å². The average molecular weight is 595 g/mol. The molecule has 1 aliphatic rings. The number of nitrogens with zero attached hydrogens (tertiary/aromatic N) is 1. The van der Waals surface area contributed by atoms with Crippen molar-refractivity contribution >= 4 is 29.2 Å². The molecule has 0 bridgehead atoms. The van der Waals surface area contributed by atoms with Crippen molar-refractivity contribution in [3.8, 4) is 17.4 Å². The van der Waals surface area contributed by atoms with Gasteiger partial charge in [-0.15, -0.1) is 0 Å². The van der Waals surface area contributed by atoms with Crippen molar-refractivity contribution in [3.05, 3.63) is 108 Å². The molecular formula is C34H34N4O6. The highest BCUT2D eigenvalue weighted by molar-refractivity contribution is 6.01. The Bertz CT molecular complexity index is 1600. The van der Waals surface area contributed by atoms with Crippen LogP contribution in [-0.4, -0.2) is 47.1 Å². The lowest BCUT2D eigenvalue weighted by atomic mass is 9.92. The molecule has 44 heavy (non-hydrogen) atoms. The monoisotopic (exact) mass is 594 g/mol. The number of amides is 2. The second-order valence-electron chi connectivity index (χ2n) is 10.5. The SMILES string of the molecule is CNc1ccccc1C(=O)NC1CCC(Oc2ccc(Oc3ccc(CC(=O)Nc4ccccc4C(=O)O)cn3)cc2)CC1. The average Bonchev–Trinajstić information content (AvgIpc) is 3.04. The second-order valence-corrected chi connectivity index (χ2v) is 10.5. The van der Waals surface area contributed by atoms with E-state index >= 15 is 0 Å². The topological polar surface area (TPSA) is 139 Å². The van der Waals surface area contributed by atoms with Crippen LogP contribution in [0.5, 0.6) is 17.4 Å². The maximum Gasteiger partial charge on any atom is 0.337 e. The number of hydrogen-bond acceptors (Lipinski definition) is 7. The van der Waals surface area contributed by atoms with Crippen LogP contribution in [0.25, 0.3) is 0 Å². The maximum absolute atomic E-state index is 12.7. The van der Waals surface area contributed by atoms with Gasteiger partial charge in [0.15, 0.2) is 0 Å². The number of para-hydroxylation sites is 2. The molecule has 0 spiro atoms. The molecule has 10 heteroatoms. The highest BCUT2D eigenvalue weighted by atomic mass is 16.5. The van der Waals surface area contributed by atoms with Crippen molar-refractivity contribution in [2.24, 2.45) is 0 Å². The van der Waals surface area contributed by atoms with Crippen LogP contribution in [0.1, 0.15) is 52.0 Å². The Hall–Kier alpha value is -5.38. The van der Waals surface area contributed by atoms with Gasteiger partial charge in [-0.05, 0) is 79.8 Å². The Morgan fingerprint density at radius 2 is 1.48 bits per heavy atom. The summed E-state index contributed by atoms with van der Waals surface area (Å²) < 4.78 is 12.0. The van der Waals surface area contributed by atoms with Crippen molar-refractivity contribution in [1.29, 1.82) is 0 Å². The molecule has 5 rings (SSSR count). The first-order valence-corrected chi connectivity index (χ1v) is 14.5. The van der Waals surface area contributed by atoms with Crippen molar-refractivity contribution in [3.63, 3.8) is 0 Å². The number of rotatable bonds is 11. The zero-order chi connectivity index (χ0) is 30.9. The fourth-order valence-electron chi connectivity index (χ4n) is 5.12. The molecular weight excluding hydrogens is 560 g/mol. The van der Waals surface area contributed by atoms with Crippen LogP contribution in [0.3, 0.4) is 0 Å². The predicted molar refractivity (Wildman–Crippen MR) is 167 cm³/mol. The summed E-state index contributed by atoms with van der Waals surface area (Å²) >= 11 is 0. The van der Waals surface area contributed by atoms with E-state index in [4.69, 9.17) is 9.47 Å². The highest BCUT2D eigenvalue weighted by Crippen LogP contribution is 2.27. The predicted octanol–water partition coefficient (Wildman–Crippen LogP) is 5.92. The van der Waals surface area contributed by atoms with Gasteiger partial charge >= 0.3 is 5.97 Å². The smallest absolute Gasteiger partial charge is 0.337 e. The first kappa shape index (κ1) is 30.1. The minimum Gasteiger partial charge on any atom is -0.490 e. The van der Waals surface area contributed by atoms with Gasteiger partial charge in [-0.1, -0.05) is 30.3 Å². The van der Waals surface area contributed by atoms with Gasteiger partial charge in [-0.2, -0.15) is 0 Å². The molecule has 10 nitrogen and oxygen atoms in total. The van der Waals surface area contributed by atoms with Gasteiger partial charge in [0, 0.05) is 31.0 Å². The van der Waals surface area contributed by atoms with Gasteiger partial charge in [-0.3, -0.25) is 9.59 Å². The van der Waals surface area contributed by atoms with E-state index in [0.717, 1.165) is 37.1 Å². The molecule has 0 unspecified atom stereocenters. The molecule has 3 aromatic carbocycles. The van der Waals surface area contributed by atoms with E-state index in [9.17, 15) is 19.5 Å². The van der Waals surface area contributed by atoms with Crippen LogP contribution in [0.4, 0.5) is 11.4 Å². The molecule has 1 heterocycles. The quantitative estimate of drug-likeness (QED) is 0.168. The lowest BCUT2D eigenvalue weighted by molar-refractivity contribution is -0.115. The molecule has 0 atom stereocenters. The molecule has 2 amide bonds. The minimum absolute atomic E-state index is 0.0274. The van der Waals surface area contributed by atoms with Crippen LogP contribution in [-0.2, 0) is 11.2 Å². The Morgan fingerprint density at radius 1 is 0.818 bits per heavy atom. The van der Waals surface area contributed by atoms with E-state index in [-0.39, 0.29) is 41.6 Å². The van der Waals surface area contributed by atoms with Crippen molar-refractivity contribution < 1.29 is 29.0 Å². The highest BCUT2D eigenvalue weighted by Gasteiger charge is 2.24. The normalized spacial score (nSPS) is 15.9. The largest absolute Gasteiger partial charge is 0.490 e. The number of aromatic carboxylic acids is 1. The van der Waals surface area contributed by atoms with Crippen LogP contribution < -0.4 is 25.4 Å². The minimum atomic E-state index is -1.11. The molecule has 1 fully saturated rings. The lowest BCUT2D eigenvalue weighted by Crippen LogP contribution is -2.39. The zero-order valence-electron chi connectivity index (χ0n) is 24.3. The molecule has 0 radical (unpaired) electrons. The van der Waals surface area contributed by atoms with Gasteiger partial charge in [0.05, 0.1) is 29.3 Å². The molecule has 1 aliphatic carbocycles. The third-order valence-corrected chi connectivity index (χ3v) is 7.39. The molecule has 1 saturated carbocycles. The number of ether oxygens (including phenoxy) is 2. The Balaban J connectivity index is 1.06. The second kappa shape index (κ2) is 14.2. The van der Waals surface area contributed by atoms with E-state index in [0.29, 0.717) is 22.8 Å². The summed E-state index contributed by atoms with van der Waals surface area (Å²) in [6, 6.07) is 24.6. The van der Waals surface area contributed by atoms with Gasteiger partial charge in [0.25, 0.3) is 5.91 Å². The Kier molecular flexibility index (Phi) is 9.71. The van der Waals surface area contributed by atoms with Crippen LogP contribution in [0, 0.1) is 0 Å². The summed E-state index contributed by atoms with van der Waals surface area (Å²) in [5.41, 5.74) is 2.38. The van der Waals surface area contributed by atoms with E-state index in [1.165, 1.54) is 6.07 Å². The Labute approximate surface area is 255 Å². The third-order valence-electron chi connectivity index (χ3n) is 7.39. The maximum atomic E-state index is 12.7. The fraction of sp³-hybridized carbons (Fsp3) is 0.235. The van der Waals surface area contributed by atoms with Crippen molar-refractivity contribution in [1.82, 2.24) is 10.3 Å². The summed E-state index contributed by atoms with van der Waals surface area (Å²) in [7, 11) is 1.81. The lowest BCUT2D eigenvalue weighted by Gasteiger charge is -2.29. The molecule has 0 saturated heterocycles. The summed E-state index contributed by atoms with van der Waals surface area (Å²) in [6.45, 7) is 0. The summed E-state index contributed by atoms with van der Waals surface area (Å²) in [4.78, 5) is 40.8. The van der Waals surface area contributed by atoms with E-state index < -0.39 is 5.97 Å². The number of benzene rings is 3. The van der Waals surface area contributed by atoms with Gasteiger partial charge < -0.3 is 30.5 Å². The molecule has 226 valence electrons. The van der Waals surface area contributed by atoms with Crippen LogP contribution >= 0.6 is 0 Å². The summed E-state index contributed by atoms with van der Waals surface area (Å²) in [6.07, 6.45) is 5.04. The summed E-state index contributed by atoms with van der Waals surface area (Å²) in [5.74, 6) is 0.181. The number of pyridine rings is 1. The summed E-state index contributed by atoms with van der Waals surface area (Å²) in [5, 5.41) is 18.1. The third kappa shape index (κ3) is 7.91. The van der Waals surface area contributed by atoms with Crippen molar-refractivity contribution in [2.75, 3.05) is 17.7 Å². The first-order chi connectivity index (χ1) is 21.4. The number of nitrogens with one attached hydrogen (secondary N) is 3. The number of hydrogen-bond donors (Lipinski definition) is 4. The zero-order valence-corrected chi connectivity index (χ0v) is 24.3. The van der Waals surface area contributed by atoms with E-state index in [1.54, 1.807) is 43.6 Å².